The Morgan fingerprint density at radius 2 is 1.69 bits per heavy atom. The molecule has 0 bridgehead atoms. The van der Waals surface area contributed by atoms with Gasteiger partial charge < -0.3 is 9.47 Å². The van der Waals surface area contributed by atoms with E-state index in [4.69, 9.17) is 14.5 Å². The summed E-state index contributed by atoms with van der Waals surface area (Å²) in [4.78, 5) is 55.2. The Morgan fingerprint density at radius 3 is 2.33 bits per heavy atom. The molecule has 5 aromatic rings. The van der Waals surface area contributed by atoms with Crippen molar-refractivity contribution >= 4 is 52.2 Å². The van der Waals surface area contributed by atoms with Crippen molar-refractivity contribution in [2.75, 3.05) is 12.9 Å². The Morgan fingerprint density at radius 1 is 0.980 bits per heavy atom. The van der Waals surface area contributed by atoms with E-state index in [1.165, 1.54) is 22.0 Å². The smallest absolute Gasteiger partial charge is 0.338 e. The number of rotatable bonds is 10. The zero-order chi connectivity index (χ0) is 34.7. The largest absolute Gasteiger partial charge is 0.463 e. The summed E-state index contributed by atoms with van der Waals surface area (Å²) in [6, 6.07) is 25.8. The number of nitro groups is 2. The summed E-state index contributed by atoms with van der Waals surface area (Å²) in [6.07, 6.45) is 3.65. The Bertz CT molecular complexity index is 2300. The van der Waals surface area contributed by atoms with Gasteiger partial charge in [0, 0.05) is 16.5 Å². The van der Waals surface area contributed by atoms with Crippen LogP contribution in [0.2, 0.25) is 0 Å². The lowest BCUT2D eigenvalue weighted by atomic mass is 9.93. The molecule has 0 radical (unpaired) electrons. The van der Waals surface area contributed by atoms with Crippen molar-refractivity contribution in [1.82, 2.24) is 4.57 Å². The highest BCUT2D eigenvalue weighted by molar-refractivity contribution is 7.98. The van der Waals surface area contributed by atoms with Crippen molar-refractivity contribution in [2.24, 2.45) is 4.99 Å². The third kappa shape index (κ3) is 6.77. The number of non-ortho nitro benzene ring substituents is 1. The first-order valence-corrected chi connectivity index (χ1v) is 16.9. The number of fused-ring (bicyclic) bond motifs is 1. The average molecular weight is 695 g/mol. The third-order valence-corrected chi connectivity index (χ3v) is 9.29. The van der Waals surface area contributed by atoms with Crippen LogP contribution in [0.3, 0.4) is 0 Å². The number of aromatic nitrogens is 1. The van der Waals surface area contributed by atoms with Crippen LogP contribution in [0.1, 0.15) is 29.7 Å². The number of carbonyl (C=O) groups is 1. The molecule has 0 fully saturated rings. The predicted molar refractivity (Wildman–Crippen MR) is 186 cm³/mol. The fourth-order valence-corrected chi connectivity index (χ4v) is 6.71. The molecule has 49 heavy (non-hydrogen) atoms. The van der Waals surface area contributed by atoms with E-state index in [1.54, 1.807) is 49.0 Å². The van der Waals surface area contributed by atoms with Crippen molar-refractivity contribution in [1.29, 1.82) is 0 Å². The van der Waals surface area contributed by atoms with Crippen LogP contribution in [0, 0.1) is 20.2 Å². The Balaban J connectivity index is 1.44. The zero-order valence-corrected chi connectivity index (χ0v) is 27.6. The standard InChI is InChI=1S/C35H26N4O8S2/c1-3-46-34(41)30-31(22-7-5-4-6-8-22)36-35-37(32(30)23-11-16-26(48-2)17-12-23)33(40)29(49-35)19-21-9-14-25(15-10-21)47-28-18-13-24(38(42)43)20-27(28)39(44)45/h4-20,32H,3H2,1-2H3/b29-19-/t32-/m1/s1. The summed E-state index contributed by atoms with van der Waals surface area (Å²) in [5.74, 6) is -0.480. The predicted octanol–water partition coefficient (Wildman–Crippen LogP) is 6.27. The molecule has 0 aliphatic carbocycles. The maximum Gasteiger partial charge on any atom is 0.338 e. The van der Waals surface area contributed by atoms with E-state index in [9.17, 15) is 29.8 Å². The number of hydrogen-bond donors (Lipinski definition) is 0. The number of ether oxygens (including phenoxy) is 2. The van der Waals surface area contributed by atoms with Gasteiger partial charge in [-0.05, 0) is 60.7 Å². The summed E-state index contributed by atoms with van der Waals surface area (Å²) >= 11 is 2.76. The molecule has 6 rings (SSSR count). The summed E-state index contributed by atoms with van der Waals surface area (Å²) < 4.78 is 13.1. The SMILES string of the molecule is CCOC(=O)C1=C(c2ccccc2)N=c2s/c(=C\c3ccc(Oc4ccc([N+](=O)[O-])cc4[N+](=O)[O-])cc3)c(=O)n2[C@@H]1c1ccc(SC)cc1. The molecule has 14 heteroatoms. The van der Waals surface area contributed by atoms with Gasteiger partial charge in [-0.2, -0.15) is 0 Å². The third-order valence-electron chi connectivity index (χ3n) is 7.56. The first-order chi connectivity index (χ1) is 23.7. The Labute approximate surface area is 286 Å². The second-order valence-electron chi connectivity index (χ2n) is 10.5. The number of thiazole rings is 1. The van der Waals surface area contributed by atoms with Gasteiger partial charge in [0.2, 0.25) is 5.75 Å². The first-order valence-electron chi connectivity index (χ1n) is 14.8. The number of nitro benzene ring substituents is 2. The average Bonchev–Trinajstić information content (AvgIpc) is 3.42. The molecule has 0 saturated heterocycles. The zero-order valence-electron chi connectivity index (χ0n) is 26.0. The van der Waals surface area contributed by atoms with Crippen molar-refractivity contribution in [3.63, 3.8) is 0 Å². The first kappa shape index (κ1) is 33.1. The van der Waals surface area contributed by atoms with E-state index >= 15 is 0 Å². The molecule has 1 aliphatic rings. The summed E-state index contributed by atoms with van der Waals surface area (Å²) in [7, 11) is 0. The molecule has 1 aromatic heterocycles. The maximum atomic E-state index is 14.1. The van der Waals surface area contributed by atoms with Crippen LogP contribution in [-0.4, -0.2) is 33.2 Å². The van der Waals surface area contributed by atoms with Crippen LogP contribution < -0.4 is 19.6 Å². The monoisotopic (exact) mass is 694 g/mol. The molecule has 0 amide bonds. The lowest BCUT2D eigenvalue weighted by Gasteiger charge is -2.26. The van der Waals surface area contributed by atoms with Crippen LogP contribution in [0.5, 0.6) is 11.5 Å². The van der Waals surface area contributed by atoms with E-state index in [2.05, 4.69) is 0 Å². The second kappa shape index (κ2) is 14.1. The van der Waals surface area contributed by atoms with Gasteiger partial charge in [0.15, 0.2) is 4.80 Å². The lowest BCUT2D eigenvalue weighted by molar-refractivity contribution is -0.394. The van der Waals surface area contributed by atoms with Gasteiger partial charge in [-0.1, -0.05) is 65.9 Å². The van der Waals surface area contributed by atoms with E-state index in [-0.39, 0.29) is 29.2 Å². The molecule has 2 heterocycles. The second-order valence-corrected chi connectivity index (χ2v) is 12.4. The maximum absolute atomic E-state index is 14.1. The molecule has 1 atom stereocenters. The molecule has 246 valence electrons. The molecule has 0 unspecified atom stereocenters. The van der Waals surface area contributed by atoms with Gasteiger partial charge in [-0.15, -0.1) is 11.8 Å². The van der Waals surface area contributed by atoms with Crippen LogP contribution in [0.15, 0.2) is 117 Å². The van der Waals surface area contributed by atoms with Crippen molar-refractivity contribution in [3.8, 4) is 11.5 Å². The molecular formula is C35H26N4O8S2. The topological polar surface area (TPSA) is 156 Å². The van der Waals surface area contributed by atoms with Crippen molar-refractivity contribution < 1.29 is 24.1 Å². The molecule has 12 nitrogen and oxygen atoms in total. The lowest BCUT2D eigenvalue weighted by Crippen LogP contribution is -2.40. The Hall–Kier alpha value is -5.86. The minimum atomic E-state index is -0.808. The highest BCUT2D eigenvalue weighted by atomic mass is 32.2. The number of esters is 1. The number of carbonyl (C=O) groups excluding carboxylic acids is 1. The molecule has 4 aromatic carbocycles. The van der Waals surface area contributed by atoms with Crippen molar-refractivity contribution in [3.05, 3.63) is 159 Å². The fourth-order valence-electron chi connectivity index (χ4n) is 5.30. The molecule has 0 N–H and O–H groups in total. The quantitative estimate of drug-likeness (QED) is 0.0712. The minimum Gasteiger partial charge on any atom is -0.463 e. The normalized spacial score (nSPS) is 14.2. The van der Waals surface area contributed by atoms with Gasteiger partial charge in [0.25, 0.3) is 11.2 Å². The number of hydrogen-bond acceptors (Lipinski definition) is 11. The highest BCUT2D eigenvalue weighted by Gasteiger charge is 2.35. The summed E-state index contributed by atoms with van der Waals surface area (Å²) in [5.41, 5.74) is 1.41. The summed E-state index contributed by atoms with van der Waals surface area (Å²) in [5, 5.41) is 22.6. The van der Waals surface area contributed by atoms with Gasteiger partial charge in [-0.3, -0.25) is 29.6 Å². The number of thioether (sulfide) groups is 1. The van der Waals surface area contributed by atoms with E-state index in [0.717, 1.165) is 22.6 Å². The van der Waals surface area contributed by atoms with Gasteiger partial charge in [0.1, 0.15) is 5.75 Å². The summed E-state index contributed by atoms with van der Waals surface area (Å²) in [6.45, 7) is 1.87. The fraction of sp³-hybridized carbons (Fsp3) is 0.114. The van der Waals surface area contributed by atoms with Gasteiger partial charge in [0.05, 0.1) is 44.4 Å². The van der Waals surface area contributed by atoms with Crippen LogP contribution in [0.25, 0.3) is 11.8 Å². The van der Waals surface area contributed by atoms with E-state index < -0.39 is 33.2 Å². The Kier molecular flexibility index (Phi) is 9.51. The van der Waals surface area contributed by atoms with Crippen LogP contribution in [0.4, 0.5) is 11.4 Å². The van der Waals surface area contributed by atoms with Gasteiger partial charge >= 0.3 is 11.7 Å². The van der Waals surface area contributed by atoms with Crippen LogP contribution in [-0.2, 0) is 9.53 Å². The number of benzene rings is 4. The molecule has 0 saturated carbocycles. The molecule has 1 aliphatic heterocycles. The minimum absolute atomic E-state index is 0.143. The van der Waals surface area contributed by atoms with Crippen molar-refractivity contribution in [2.45, 2.75) is 17.9 Å². The van der Waals surface area contributed by atoms with Crippen LogP contribution >= 0.6 is 23.1 Å². The highest BCUT2D eigenvalue weighted by Crippen LogP contribution is 2.36. The molecule has 0 spiro atoms. The van der Waals surface area contributed by atoms with E-state index in [0.29, 0.717) is 26.2 Å². The van der Waals surface area contributed by atoms with Gasteiger partial charge in [-0.25, -0.2) is 9.79 Å². The van der Waals surface area contributed by atoms with E-state index in [1.807, 2.05) is 60.9 Å². The molecular weight excluding hydrogens is 669 g/mol. The number of nitrogens with zero attached hydrogens (tertiary/aromatic N) is 4.